The van der Waals surface area contributed by atoms with E-state index in [2.05, 4.69) is 23.9 Å². The highest BCUT2D eigenvalue weighted by Crippen LogP contribution is 2.13. The Morgan fingerprint density at radius 3 is 2.87 bits per heavy atom. The van der Waals surface area contributed by atoms with E-state index in [1.807, 2.05) is 4.68 Å². The lowest BCUT2D eigenvalue weighted by molar-refractivity contribution is 0.578. The van der Waals surface area contributed by atoms with Crippen LogP contribution in [0.4, 0.5) is 0 Å². The Labute approximate surface area is 96.8 Å². The van der Waals surface area contributed by atoms with Crippen LogP contribution in [0.5, 0.6) is 0 Å². The molecule has 1 aromatic rings. The molecule has 4 heteroatoms. The molecule has 0 saturated carbocycles. The van der Waals surface area contributed by atoms with Crippen molar-refractivity contribution in [3.63, 3.8) is 0 Å². The van der Waals surface area contributed by atoms with Crippen molar-refractivity contribution in [2.24, 2.45) is 0 Å². The fourth-order valence-electron chi connectivity index (χ4n) is 1.69. The Morgan fingerprint density at radius 1 is 1.40 bits per heavy atom. The molecule has 0 saturated heterocycles. The molecule has 86 valence electrons. The zero-order valence-electron chi connectivity index (χ0n) is 9.62. The smallest absolute Gasteiger partial charge is 0.138 e. The fourth-order valence-corrected chi connectivity index (χ4v) is 2.06. The van der Waals surface area contributed by atoms with Crippen molar-refractivity contribution >= 4 is 11.6 Å². The van der Waals surface area contributed by atoms with Gasteiger partial charge in [-0.2, -0.15) is 5.10 Å². The molecule has 3 nitrogen and oxygen atoms in total. The van der Waals surface area contributed by atoms with E-state index in [0.29, 0.717) is 5.38 Å². The minimum absolute atomic E-state index is 0.327. The Balaban J connectivity index is 2.25. The number of rotatable bonds is 7. The first-order valence-corrected chi connectivity index (χ1v) is 6.22. The summed E-state index contributed by atoms with van der Waals surface area (Å²) in [5, 5.41) is 4.47. The predicted octanol–water partition coefficient (Wildman–Crippen LogP) is 3.03. The van der Waals surface area contributed by atoms with Gasteiger partial charge in [0.1, 0.15) is 12.2 Å². The van der Waals surface area contributed by atoms with Gasteiger partial charge in [0.25, 0.3) is 0 Å². The Hall–Kier alpha value is -0.570. The first-order valence-electron chi connectivity index (χ1n) is 5.78. The lowest BCUT2D eigenvalue weighted by Crippen LogP contribution is -2.05. The van der Waals surface area contributed by atoms with Gasteiger partial charge in [0.05, 0.1) is 0 Å². The monoisotopic (exact) mass is 229 g/mol. The van der Waals surface area contributed by atoms with Gasteiger partial charge in [-0.3, -0.25) is 4.68 Å². The van der Waals surface area contributed by atoms with Crippen molar-refractivity contribution < 1.29 is 0 Å². The average molecular weight is 230 g/mol. The van der Waals surface area contributed by atoms with Gasteiger partial charge in [-0.25, -0.2) is 4.98 Å². The summed E-state index contributed by atoms with van der Waals surface area (Å²) in [5.41, 5.74) is 0. The molecule has 0 spiro atoms. The van der Waals surface area contributed by atoms with Crippen molar-refractivity contribution in [1.29, 1.82) is 0 Å². The van der Waals surface area contributed by atoms with E-state index in [1.54, 1.807) is 6.33 Å². The van der Waals surface area contributed by atoms with Gasteiger partial charge in [-0.1, -0.05) is 13.3 Å². The van der Waals surface area contributed by atoms with Gasteiger partial charge < -0.3 is 0 Å². The number of hydrogen-bond acceptors (Lipinski definition) is 2. The molecular weight excluding hydrogens is 210 g/mol. The van der Waals surface area contributed by atoms with Crippen LogP contribution in [0.15, 0.2) is 6.33 Å². The number of nitrogens with zero attached hydrogens (tertiary/aromatic N) is 3. The summed E-state index contributed by atoms with van der Waals surface area (Å²) in [5.74, 6) is 1.08. The van der Waals surface area contributed by atoms with Crippen LogP contribution in [0.1, 0.15) is 45.4 Å². The molecule has 0 aliphatic carbocycles. The normalized spacial score (nSPS) is 13.0. The van der Waals surface area contributed by atoms with Gasteiger partial charge in [0.15, 0.2) is 0 Å². The zero-order valence-corrected chi connectivity index (χ0v) is 10.4. The van der Waals surface area contributed by atoms with Crippen LogP contribution in [0, 0.1) is 0 Å². The van der Waals surface area contributed by atoms with E-state index < -0.39 is 0 Å². The Bertz CT molecular complexity index is 273. The molecule has 0 N–H and O–H groups in total. The molecular formula is C11H20ClN3. The topological polar surface area (TPSA) is 30.7 Å². The Kier molecular flexibility index (Phi) is 5.69. The second-order valence-electron chi connectivity index (χ2n) is 3.77. The molecule has 15 heavy (non-hydrogen) atoms. The first kappa shape index (κ1) is 12.5. The summed E-state index contributed by atoms with van der Waals surface area (Å²) < 4.78 is 1.95. The van der Waals surface area contributed by atoms with Gasteiger partial charge in [-0.15, -0.1) is 11.6 Å². The second-order valence-corrected chi connectivity index (χ2v) is 4.39. The van der Waals surface area contributed by atoms with Crippen LogP contribution >= 0.6 is 11.6 Å². The molecule has 1 aromatic heterocycles. The summed E-state index contributed by atoms with van der Waals surface area (Å²) in [6.07, 6.45) is 7.07. The van der Waals surface area contributed by atoms with E-state index >= 15 is 0 Å². The zero-order chi connectivity index (χ0) is 11.1. The highest BCUT2D eigenvalue weighted by molar-refractivity contribution is 6.20. The van der Waals surface area contributed by atoms with E-state index in [9.17, 15) is 0 Å². The maximum atomic E-state index is 6.15. The van der Waals surface area contributed by atoms with Gasteiger partial charge in [0.2, 0.25) is 0 Å². The van der Waals surface area contributed by atoms with Crippen LogP contribution in [0.3, 0.4) is 0 Å². The summed E-state index contributed by atoms with van der Waals surface area (Å²) in [7, 11) is 0. The summed E-state index contributed by atoms with van der Waals surface area (Å²) in [4.78, 5) is 4.24. The third-order valence-corrected chi connectivity index (χ3v) is 2.95. The largest absolute Gasteiger partial charge is 0.250 e. The predicted molar refractivity (Wildman–Crippen MR) is 63.2 cm³/mol. The maximum absolute atomic E-state index is 6.15. The summed E-state index contributed by atoms with van der Waals surface area (Å²) in [6.45, 7) is 5.15. The molecule has 0 aliphatic rings. The van der Waals surface area contributed by atoms with Crippen LogP contribution in [-0.2, 0) is 13.0 Å². The molecule has 0 radical (unpaired) electrons. The van der Waals surface area contributed by atoms with Gasteiger partial charge >= 0.3 is 0 Å². The molecule has 1 atom stereocenters. The molecule has 0 fully saturated rings. The van der Waals surface area contributed by atoms with E-state index in [1.165, 1.54) is 6.42 Å². The molecule has 1 heterocycles. The first-order chi connectivity index (χ1) is 7.27. The quantitative estimate of drug-likeness (QED) is 0.673. The minimum atomic E-state index is 0.327. The third-order valence-electron chi connectivity index (χ3n) is 2.51. The van der Waals surface area contributed by atoms with E-state index in [4.69, 9.17) is 11.6 Å². The molecule has 0 bridgehead atoms. The third kappa shape index (κ3) is 4.20. The number of halogens is 1. The highest BCUT2D eigenvalue weighted by atomic mass is 35.5. The van der Waals surface area contributed by atoms with E-state index in [0.717, 1.165) is 38.1 Å². The fraction of sp³-hybridized carbons (Fsp3) is 0.818. The van der Waals surface area contributed by atoms with Gasteiger partial charge in [-0.05, 0) is 26.2 Å². The van der Waals surface area contributed by atoms with E-state index in [-0.39, 0.29) is 0 Å². The lowest BCUT2D eigenvalue weighted by Gasteiger charge is -2.07. The Morgan fingerprint density at radius 2 is 2.20 bits per heavy atom. The number of aromatic nitrogens is 3. The van der Waals surface area contributed by atoms with Crippen molar-refractivity contribution in [2.75, 3.05) is 0 Å². The number of alkyl halides is 1. The molecule has 0 aliphatic heterocycles. The summed E-state index contributed by atoms with van der Waals surface area (Å²) in [6, 6.07) is 0. The maximum Gasteiger partial charge on any atom is 0.138 e. The van der Waals surface area contributed by atoms with Crippen molar-refractivity contribution in [3.05, 3.63) is 12.2 Å². The van der Waals surface area contributed by atoms with Crippen molar-refractivity contribution in [2.45, 2.75) is 57.9 Å². The standard InChI is InChI=1S/C11H20ClN3/c1-3-6-10(12)7-5-8-11-13-9-14-15(11)4-2/h9-10H,3-8H2,1-2H3. The SMILES string of the molecule is CCCC(Cl)CCCc1ncnn1CC. The highest BCUT2D eigenvalue weighted by Gasteiger charge is 2.06. The van der Waals surface area contributed by atoms with Crippen molar-refractivity contribution in [3.8, 4) is 0 Å². The molecule has 1 rings (SSSR count). The average Bonchev–Trinajstić information content (AvgIpc) is 2.66. The van der Waals surface area contributed by atoms with Crippen LogP contribution in [0.25, 0.3) is 0 Å². The molecule has 0 amide bonds. The number of hydrogen-bond donors (Lipinski definition) is 0. The lowest BCUT2D eigenvalue weighted by atomic mass is 10.1. The van der Waals surface area contributed by atoms with Gasteiger partial charge in [0, 0.05) is 18.3 Å². The molecule has 0 aromatic carbocycles. The second kappa shape index (κ2) is 6.83. The van der Waals surface area contributed by atoms with Crippen LogP contribution < -0.4 is 0 Å². The molecule has 1 unspecified atom stereocenters. The number of aryl methyl sites for hydroxylation is 2. The summed E-state index contributed by atoms with van der Waals surface area (Å²) >= 11 is 6.15. The van der Waals surface area contributed by atoms with Crippen molar-refractivity contribution in [1.82, 2.24) is 14.8 Å². The van der Waals surface area contributed by atoms with Crippen LogP contribution in [0.2, 0.25) is 0 Å². The van der Waals surface area contributed by atoms with Crippen LogP contribution in [-0.4, -0.2) is 20.1 Å². The minimum Gasteiger partial charge on any atom is -0.250 e.